The molecule has 156 valence electrons. The van der Waals surface area contributed by atoms with Crippen LogP contribution in [0.4, 0.5) is 0 Å². The summed E-state index contributed by atoms with van der Waals surface area (Å²) in [5.41, 5.74) is 3.50. The van der Waals surface area contributed by atoms with Gasteiger partial charge in [-0.2, -0.15) is 0 Å². The highest BCUT2D eigenvalue weighted by Gasteiger charge is 2.29. The van der Waals surface area contributed by atoms with Crippen LogP contribution in [-0.2, 0) is 11.2 Å². The first kappa shape index (κ1) is 19.8. The predicted molar refractivity (Wildman–Crippen MR) is 123 cm³/mol. The predicted octanol–water partition coefficient (Wildman–Crippen LogP) is 5.52. The molecule has 0 aliphatic carbocycles. The molecule has 5 rings (SSSR count). The minimum absolute atomic E-state index is 0.108. The molecule has 0 radical (unpaired) electrons. The second-order valence-corrected chi connectivity index (χ2v) is 8.61. The van der Waals surface area contributed by atoms with Gasteiger partial charge in [-0.25, -0.2) is 0 Å². The van der Waals surface area contributed by atoms with Gasteiger partial charge in [0.15, 0.2) is 0 Å². The maximum atomic E-state index is 13.0. The standard InChI is InChI=1S/C25H23N3O2S/c1-2-22-21-10-6-5-8-18(21)13-14-28(22)23(29)16-31-25-27-26-24(30-25)20-12-11-17-7-3-4-9-19(17)15-20/h3-12,15,22H,2,13-14,16H2,1H3. The average Bonchev–Trinajstić information content (AvgIpc) is 3.30. The molecule has 0 N–H and O–H groups in total. The van der Waals surface area contributed by atoms with Crippen molar-refractivity contribution in [1.29, 1.82) is 0 Å². The zero-order chi connectivity index (χ0) is 21.2. The van der Waals surface area contributed by atoms with E-state index in [2.05, 4.69) is 53.5 Å². The third kappa shape index (κ3) is 3.95. The van der Waals surface area contributed by atoms with Crippen LogP contribution in [0.5, 0.6) is 0 Å². The van der Waals surface area contributed by atoms with E-state index in [0.717, 1.165) is 30.3 Å². The Morgan fingerprint density at radius 3 is 2.74 bits per heavy atom. The molecule has 1 atom stereocenters. The molecule has 1 aromatic heterocycles. The normalized spacial score (nSPS) is 15.8. The lowest BCUT2D eigenvalue weighted by Gasteiger charge is -2.37. The molecule has 1 unspecified atom stereocenters. The number of nitrogens with zero attached hydrogens (tertiary/aromatic N) is 3. The maximum absolute atomic E-state index is 13.0. The quantitative estimate of drug-likeness (QED) is 0.391. The molecule has 1 aliphatic rings. The van der Waals surface area contributed by atoms with Crippen LogP contribution < -0.4 is 0 Å². The first-order chi connectivity index (χ1) is 15.2. The highest BCUT2D eigenvalue weighted by atomic mass is 32.2. The SMILES string of the molecule is CCC1c2ccccc2CCN1C(=O)CSc1nnc(-c2ccc3ccccc3c2)o1. The lowest BCUT2D eigenvalue weighted by atomic mass is 9.91. The molecule has 0 fully saturated rings. The van der Waals surface area contributed by atoms with E-state index in [-0.39, 0.29) is 17.7 Å². The van der Waals surface area contributed by atoms with E-state index < -0.39 is 0 Å². The number of hydrogen-bond donors (Lipinski definition) is 0. The molecule has 1 aliphatic heterocycles. The third-order valence-electron chi connectivity index (χ3n) is 5.84. The minimum atomic E-state index is 0.108. The first-order valence-electron chi connectivity index (χ1n) is 10.6. The molecule has 6 heteroatoms. The van der Waals surface area contributed by atoms with E-state index in [1.54, 1.807) is 0 Å². The summed E-state index contributed by atoms with van der Waals surface area (Å²) in [5.74, 6) is 0.869. The largest absolute Gasteiger partial charge is 0.411 e. The fourth-order valence-corrected chi connectivity index (χ4v) is 4.95. The Morgan fingerprint density at radius 2 is 1.87 bits per heavy atom. The van der Waals surface area contributed by atoms with Crippen molar-refractivity contribution < 1.29 is 9.21 Å². The molecule has 1 amide bonds. The summed E-state index contributed by atoms with van der Waals surface area (Å²) in [5, 5.41) is 11.0. The van der Waals surface area contributed by atoms with Gasteiger partial charge in [0, 0.05) is 12.1 Å². The molecule has 4 aromatic rings. The van der Waals surface area contributed by atoms with Gasteiger partial charge in [-0.15, -0.1) is 10.2 Å². The summed E-state index contributed by atoms with van der Waals surface area (Å²) < 4.78 is 5.84. The van der Waals surface area contributed by atoms with E-state index >= 15 is 0 Å². The van der Waals surface area contributed by atoms with Crippen molar-refractivity contribution in [3.8, 4) is 11.5 Å². The highest BCUT2D eigenvalue weighted by Crippen LogP contribution is 2.33. The van der Waals surface area contributed by atoms with Gasteiger partial charge in [0.05, 0.1) is 11.8 Å². The van der Waals surface area contributed by atoms with Gasteiger partial charge >= 0.3 is 0 Å². The lowest BCUT2D eigenvalue weighted by molar-refractivity contribution is -0.131. The van der Waals surface area contributed by atoms with Gasteiger partial charge in [0.1, 0.15) is 0 Å². The van der Waals surface area contributed by atoms with Crippen molar-refractivity contribution in [1.82, 2.24) is 15.1 Å². The Morgan fingerprint density at radius 1 is 1.06 bits per heavy atom. The van der Waals surface area contributed by atoms with Crippen molar-refractivity contribution in [3.63, 3.8) is 0 Å². The molecule has 0 spiro atoms. The number of carbonyl (C=O) groups excluding carboxylic acids is 1. The monoisotopic (exact) mass is 429 g/mol. The number of benzene rings is 3. The van der Waals surface area contributed by atoms with Crippen LogP contribution in [0.25, 0.3) is 22.2 Å². The van der Waals surface area contributed by atoms with Crippen LogP contribution in [0.3, 0.4) is 0 Å². The molecular weight excluding hydrogens is 406 g/mol. The number of rotatable bonds is 5. The van der Waals surface area contributed by atoms with Crippen LogP contribution in [0.15, 0.2) is 76.4 Å². The van der Waals surface area contributed by atoms with Gasteiger partial charge in [-0.05, 0) is 46.9 Å². The van der Waals surface area contributed by atoms with E-state index in [9.17, 15) is 4.79 Å². The second kappa shape index (κ2) is 8.55. The molecule has 0 saturated carbocycles. The number of amides is 1. The van der Waals surface area contributed by atoms with Gasteiger partial charge in [0.2, 0.25) is 11.8 Å². The Bertz CT molecular complexity index is 1240. The summed E-state index contributed by atoms with van der Waals surface area (Å²) in [6.07, 6.45) is 1.80. The van der Waals surface area contributed by atoms with Crippen LogP contribution >= 0.6 is 11.8 Å². The van der Waals surface area contributed by atoms with Crippen LogP contribution in [0, 0.1) is 0 Å². The van der Waals surface area contributed by atoms with E-state index in [1.807, 2.05) is 35.2 Å². The van der Waals surface area contributed by atoms with E-state index in [1.165, 1.54) is 28.3 Å². The maximum Gasteiger partial charge on any atom is 0.277 e. The fourth-order valence-electron chi connectivity index (χ4n) is 4.30. The zero-order valence-corrected chi connectivity index (χ0v) is 18.1. The van der Waals surface area contributed by atoms with Crippen molar-refractivity contribution in [2.45, 2.75) is 31.0 Å². The Balaban J connectivity index is 1.27. The number of aromatic nitrogens is 2. The summed E-state index contributed by atoms with van der Waals surface area (Å²) in [6.45, 7) is 2.88. The smallest absolute Gasteiger partial charge is 0.277 e. The number of carbonyl (C=O) groups is 1. The molecule has 3 aromatic carbocycles. The topological polar surface area (TPSA) is 59.2 Å². The van der Waals surface area contributed by atoms with Gasteiger partial charge < -0.3 is 9.32 Å². The van der Waals surface area contributed by atoms with Crippen LogP contribution in [0.2, 0.25) is 0 Å². The molecule has 31 heavy (non-hydrogen) atoms. The van der Waals surface area contributed by atoms with E-state index in [0.29, 0.717) is 11.1 Å². The zero-order valence-electron chi connectivity index (χ0n) is 17.3. The van der Waals surface area contributed by atoms with Gasteiger partial charge in [-0.3, -0.25) is 4.79 Å². The average molecular weight is 430 g/mol. The Labute approximate surface area is 185 Å². The summed E-state index contributed by atoms with van der Waals surface area (Å²) in [7, 11) is 0. The van der Waals surface area contributed by atoms with Crippen molar-refractivity contribution in [2.75, 3.05) is 12.3 Å². The first-order valence-corrected chi connectivity index (χ1v) is 11.5. The summed E-state index contributed by atoms with van der Waals surface area (Å²) in [4.78, 5) is 15.0. The van der Waals surface area contributed by atoms with E-state index in [4.69, 9.17) is 4.42 Å². The second-order valence-electron chi connectivity index (χ2n) is 7.68. The highest BCUT2D eigenvalue weighted by molar-refractivity contribution is 7.99. The molecular formula is C25H23N3O2S. The molecule has 0 bridgehead atoms. The number of thioether (sulfide) groups is 1. The Kier molecular flexibility index (Phi) is 5.47. The van der Waals surface area contributed by atoms with Crippen molar-refractivity contribution >= 4 is 28.4 Å². The molecule has 2 heterocycles. The van der Waals surface area contributed by atoms with Crippen molar-refractivity contribution in [3.05, 3.63) is 77.9 Å². The fraction of sp³-hybridized carbons (Fsp3) is 0.240. The lowest BCUT2D eigenvalue weighted by Crippen LogP contribution is -2.40. The summed E-state index contributed by atoms with van der Waals surface area (Å²) >= 11 is 1.30. The number of fused-ring (bicyclic) bond motifs is 2. The van der Waals surface area contributed by atoms with Crippen molar-refractivity contribution in [2.24, 2.45) is 0 Å². The third-order valence-corrected chi connectivity index (χ3v) is 6.64. The van der Waals surface area contributed by atoms with Crippen LogP contribution in [-0.4, -0.2) is 33.3 Å². The van der Waals surface area contributed by atoms with Crippen LogP contribution in [0.1, 0.15) is 30.5 Å². The Hall–Kier alpha value is -3.12. The number of hydrogen-bond acceptors (Lipinski definition) is 5. The molecule has 0 saturated heterocycles. The van der Waals surface area contributed by atoms with Gasteiger partial charge in [0.25, 0.3) is 5.22 Å². The van der Waals surface area contributed by atoms with Gasteiger partial charge in [-0.1, -0.05) is 73.3 Å². The minimum Gasteiger partial charge on any atom is -0.411 e. The molecule has 5 nitrogen and oxygen atoms in total. The summed E-state index contributed by atoms with van der Waals surface area (Å²) in [6, 6.07) is 22.8.